The fourth-order valence-corrected chi connectivity index (χ4v) is 1.90. The topological polar surface area (TPSA) is 98.7 Å². The van der Waals surface area contributed by atoms with Crippen LogP contribution in [0.15, 0.2) is 0 Å². The Kier molecular flexibility index (Phi) is 15.7. The van der Waals surface area contributed by atoms with Gasteiger partial charge in [-0.15, -0.1) is 0 Å². The van der Waals surface area contributed by atoms with Crippen LogP contribution >= 0.6 is 11.8 Å². The highest BCUT2D eigenvalue weighted by molar-refractivity contribution is 7.98. The Morgan fingerprint density at radius 3 is 1.80 bits per heavy atom. The number of carboxylic acids is 2. The number of rotatable bonds is 10. The average molecular weight is 308 g/mol. The first-order valence-corrected chi connectivity index (χ1v) is 8.12. The van der Waals surface area contributed by atoms with Gasteiger partial charge >= 0.3 is 11.9 Å². The lowest BCUT2D eigenvalue weighted by molar-refractivity contribution is -0.140. The van der Waals surface area contributed by atoms with Crippen molar-refractivity contribution in [1.82, 2.24) is 10.6 Å². The molecule has 0 aliphatic heterocycles. The van der Waals surface area contributed by atoms with Crippen LogP contribution in [0.2, 0.25) is 0 Å². The summed E-state index contributed by atoms with van der Waals surface area (Å²) in [4.78, 5) is 20.7. The Bertz CT molecular complexity index is 239. The molecule has 0 bridgehead atoms. The van der Waals surface area contributed by atoms with Gasteiger partial charge in [0.2, 0.25) is 0 Å². The predicted molar refractivity (Wildman–Crippen MR) is 83.5 cm³/mol. The fraction of sp³-hybridized carbons (Fsp3) is 0.846. The zero-order valence-corrected chi connectivity index (χ0v) is 13.6. The fourth-order valence-electron chi connectivity index (χ4n) is 1.43. The van der Waals surface area contributed by atoms with Gasteiger partial charge in [-0.05, 0) is 38.9 Å². The van der Waals surface area contributed by atoms with E-state index in [2.05, 4.69) is 17.6 Å². The third-order valence-electron chi connectivity index (χ3n) is 2.75. The Labute approximate surface area is 125 Å². The molecule has 0 saturated carbocycles. The van der Waals surface area contributed by atoms with Crippen molar-refractivity contribution in [1.29, 1.82) is 0 Å². The molecule has 0 aromatic heterocycles. The molecule has 0 spiro atoms. The summed E-state index contributed by atoms with van der Waals surface area (Å²) in [7, 11) is 3.34. The lowest BCUT2D eigenvalue weighted by atomic mass is 10.1. The third kappa shape index (κ3) is 12.3. The molecule has 4 N–H and O–H groups in total. The van der Waals surface area contributed by atoms with Gasteiger partial charge in [0.15, 0.2) is 0 Å². The molecule has 0 aliphatic rings. The van der Waals surface area contributed by atoms with Crippen molar-refractivity contribution in [3.8, 4) is 0 Å². The standard InChI is InChI=1S/C7H15NO2.C6H13NO2S/c1-3-4-5-6(8-2)7(9)10;1-7-5(6(8)9)3-4-10-2/h6,8H,3-5H2,1-2H3,(H,9,10);5,7H,3-4H2,1-2H3,(H,8,9). The maximum Gasteiger partial charge on any atom is 0.320 e. The third-order valence-corrected chi connectivity index (χ3v) is 3.39. The molecule has 0 saturated heterocycles. The van der Waals surface area contributed by atoms with Gasteiger partial charge in [-0.3, -0.25) is 9.59 Å². The number of carbonyl (C=O) groups is 2. The minimum atomic E-state index is -0.767. The highest BCUT2D eigenvalue weighted by Crippen LogP contribution is 2.00. The van der Waals surface area contributed by atoms with Crippen molar-refractivity contribution in [3.63, 3.8) is 0 Å². The number of hydrogen-bond acceptors (Lipinski definition) is 5. The summed E-state index contributed by atoms with van der Waals surface area (Å²) in [5.74, 6) is -0.634. The van der Waals surface area contributed by atoms with Crippen LogP contribution in [0.5, 0.6) is 0 Å². The number of carboxylic acid groups (broad SMARTS) is 2. The molecule has 0 heterocycles. The number of likely N-dealkylation sites (N-methyl/N-ethyl adjacent to an activating group) is 2. The number of hydrogen-bond donors (Lipinski definition) is 4. The van der Waals surface area contributed by atoms with Gasteiger partial charge in [-0.2, -0.15) is 11.8 Å². The molecule has 0 aliphatic carbocycles. The van der Waals surface area contributed by atoms with Gasteiger partial charge < -0.3 is 20.8 Å². The first-order chi connectivity index (χ1) is 9.44. The Hall–Kier alpha value is -0.790. The van der Waals surface area contributed by atoms with Crippen molar-refractivity contribution in [2.45, 2.75) is 44.7 Å². The summed E-state index contributed by atoms with van der Waals surface area (Å²) in [6.45, 7) is 2.05. The SMILES string of the molecule is CCCCC(NC)C(=O)O.CNC(CCSC)C(=O)O. The summed E-state index contributed by atoms with van der Waals surface area (Å²) < 4.78 is 0. The van der Waals surface area contributed by atoms with E-state index in [9.17, 15) is 9.59 Å². The van der Waals surface area contributed by atoms with Gasteiger partial charge in [0, 0.05) is 0 Å². The molecule has 0 amide bonds. The van der Waals surface area contributed by atoms with E-state index in [0.29, 0.717) is 6.42 Å². The van der Waals surface area contributed by atoms with Crippen LogP contribution in [0.1, 0.15) is 32.6 Å². The first kappa shape index (κ1) is 21.5. The lowest BCUT2D eigenvalue weighted by Crippen LogP contribution is -2.34. The molecule has 0 fully saturated rings. The molecule has 2 unspecified atom stereocenters. The largest absolute Gasteiger partial charge is 0.480 e. The highest BCUT2D eigenvalue weighted by Gasteiger charge is 2.13. The van der Waals surface area contributed by atoms with Gasteiger partial charge in [-0.1, -0.05) is 19.8 Å². The Balaban J connectivity index is 0. The summed E-state index contributed by atoms with van der Waals surface area (Å²) in [5.41, 5.74) is 0. The van der Waals surface area contributed by atoms with E-state index in [1.807, 2.05) is 6.26 Å². The van der Waals surface area contributed by atoms with E-state index >= 15 is 0 Å². The van der Waals surface area contributed by atoms with Crippen LogP contribution in [0.3, 0.4) is 0 Å². The summed E-state index contributed by atoms with van der Waals surface area (Å²) in [6, 6.07) is -0.743. The molecule has 120 valence electrons. The number of aliphatic carboxylic acids is 2. The molecule has 6 nitrogen and oxygen atoms in total. The summed E-state index contributed by atoms with van der Waals surface area (Å²) in [6.07, 6.45) is 5.40. The van der Waals surface area contributed by atoms with E-state index in [1.165, 1.54) is 0 Å². The highest BCUT2D eigenvalue weighted by atomic mass is 32.2. The van der Waals surface area contributed by atoms with Crippen LogP contribution in [0, 0.1) is 0 Å². The molecule has 20 heavy (non-hydrogen) atoms. The predicted octanol–water partition coefficient (Wildman–Crippen LogP) is 1.26. The van der Waals surface area contributed by atoms with Crippen molar-refractivity contribution < 1.29 is 19.8 Å². The average Bonchev–Trinajstić information content (AvgIpc) is 2.40. The smallest absolute Gasteiger partial charge is 0.320 e. The molecular weight excluding hydrogens is 280 g/mol. The number of thioether (sulfide) groups is 1. The van der Waals surface area contributed by atoms with Crippen LogP contribution in [-0.2, 0) is 9.59 Å². The maximum atomic E-state index is 10.4. The maximum absolute atomic E-state index is 10.4. The van der Waals surface area contributed by atoms with Crippen LogP contribution in [0.4, 0.5) is 0 Å². The van der Waals surface area contributed by atoms with Crippen molar-refractivity contribution >= 4 is 23.7 Å². The molecule has 0 aromatic rings. The Morgan fingerprint density at radius 2 is 1.50 bits per heavy atom. The monoisotopic (exact) mass is 308 g/mol. The minimum absolute atomic E-state index is 0.361. The van der Waals surface area contributed by atoms with Gasteiger partial charge in [0.05, 0.1) is 0 Å². The molecule has 0 radical (unpaired) electrons. The normalized spacial score (nSPS) is 13.0. The second-order valence-electron chi connectivity index (χ2n) is 4.28. The van der Waals surface area contributed by atoms with Crippen molar-refractivity contribution in [2.24, 2.45) is 0 Å². The summed E-state index contributed by atoms with van der Waals surface area (Å²) in [5, 5.41) is 22.5. The molecule has 0 rings (SSSR count). The number of nitrogens with one attached hydrogen (secondary N) is 2. The van der Waals surface area contributed by atoms with E-state index in [4.69, 9.17) is 10.2 Å². The zero-order chi connectivity index (χ0) is 16.0. The van der Waals surface area contributed by atoms with E-state index in [1.54, 1.807) is 25.9 Å². The van der Waals surface area contributed by atoms with Gasteiger partial charge in [-0.25, -0.2) is 0 Å². The van der Waals surface area contributed by atoms with Crippen LogP contribution in [0.25, 0.3) is 0 Å². The molecule has 0 aromatic carbocycles. The zero-order valence-electron chi connectivity index (χ0n) is 12.8. The summed E-state index contributed by atoms with van der Waals surface area (Å²) >= 11 is 1.66. The van der Waals surface area contributed by atoms with Crippen molar-refractivity contribution in [3.05, 3.63) is 0 Å². The number of unbranched alkanes of at least 4 members (excludes halogenated alkanes) is 1. The second-order valence-corrected chi connectivity index (χ2v) is 5.27. The molecule has 7 heteroatoms. The molecule has 2 atom stereocenters. The second kappa shape index (κ2) is 14.6. The lowest BCUT2D eigenvalue weighted by Gasteiger charge is -2.08. The Morgan fingerprint density at radius 1 is 1.05 bits per heavy atom. The quantitative estimate of drug-likeness (QED) is 0.482. The van der Waals surface area contributed by atoms with Crippen LogP contribution in [-0.4, -0.2) is 60.3 Å². The van der Waals surface area contributed by atoms with Gasteiger partial charge in [0.25, 0.3) is 0 Å². The van der Waals surface area contributed by atoms with Crippen LogP contribution < -0.4 is 10.6 Å². The van der Waals surface area contributed by atoms with Gasteiger partial charge in [0.1, 0.15) is 12.1 Å². The van der Waals surface area contributed by atoms with E-state index < -0.39 is 11.9 Å². The minimum Gasteiger partial charge on any atom is -0.480 e. The van der Waals surface area contributed by atoms with E-state index in [-0.39, 0.29) is 12.1 Å². The van der Waals surface area contributed by atoms with E-state index in [0.717, 1.165) is 25.0 Å². The first-order valence-electron chi connectivity index (χ1n) is 6.73. The molecular formula is C13H28N2O4S. The van der Waals surface area contributed by atoms with Crippen molar-refractivity contribution in [2.75, 3.05) is 26.1 Å².